The van der Waals surface area contributed by atoms with Crippen LogP contribution in [0, 0.1) is 11.3 Å². The summed E-state index contributed by atoms with van der Waals surface area (Å²) in [6, 6.07) is 2.84. The van der Waals surface area contributed by atoms with Gasteiger partial charge in [0, 0.05) is 5.56 Å². The van der Waals surface area contributed by atoms with Crippen LogP contribution in [-0.2, 0) is 5.88 Å². The third kappa shape index (κ3) is 2.20. The fourth-order valence-corrected chi connectivity index (χ4v) is 1.89. The smallest absolute Gasteiger partial charge is 0.240 e. The number of halogens is 4. The molecule has 0 amide bonds. The zero-order valence-corrected chi connectivity index (χ0v) is 9.11. The van der Waals surface area contributed by atoms with Gasteiger partial charge in [0.05, 0.1) is 17.5 Å². The van der Waals surface area contributed by atoms with Gasteiger partial charge in [0.15, 0.2) is 0 Å². The lowest BCUT2D eigenvalue weighted by molar-refractivity contribution is 0.146. The van der Waals surface area contributed by atoms with Gasteiger partial charge in [-0.25, -0.2) is 13.8 Å². The highest BCUT2D eigenvalue weighted by atomic mass is 79.9. The highest BCUT2D eigenvalue weighted by Gasteiger charge is 2.15. The van der Waals surface area contributed by atoms with E-state index < -0.39 is 12.1 Å². The number of hydrogen-bond donors (Lipinski definition) is 0. The minimum absolute atomic E-state index is 0.0556. The van der Waals surface area contributed by atoms with Crippen LogP contribution in [0.3, 0.4) is 0 Å². The molecule has 1 aromatic rings. The lowest BCUT2D eigenvalue weighted by Crippen LogP contribution is -1.98. The quantitative estimate of drug-likeness (QED) is 0.615. The fraction of sp³-hybridized carbons (Fsp3) is 0.250. The first-order valence-corrected chi connectivity index (χ1v) is 4.86. The summed E-state index contributed by atoms with van der Waals surface area (Å²) in [6.07, 6.45) is -2.69. The summed E-state index contributed by atoms with van der Waals surface area (Å²) in [5.74, 6) is 0.0556. The molecular weight excluding hydrogens is 277 g/mol. The van der Waals surface area contributed by atoms with Crippen molar-refractivity contribution in [1.82, 2.24) is 4.98 Å². The Balaban J connectivity index is 3.33. The summed E-state index contributed by atoms with van der Waals surface area (Å²) < 4.78 is 24.7. The van der Waals surface area contributed by atoms with Gasteiger partial charge in [0.1, 0.15) is 10.3 Å². The van der Waals surface area contributed by atoms with E-state index >= 15 is 0 Å². The van der Waals surface area contributed by atoms with Gasteiger partial charge in [0.2, 0.25) is 0 Å². The summed E-state index contributed by atoms with van der Waals surface area (Å²) in [4.78, 5) is 3.58. The molecule has 2 nitrogen and oxygen atoms in total. The molecule has 0 fully saturated rings. The molecule has 0 unspecified atom stereocenters. The van der Waals surface area contributed by atoms with E-state index in [2.05, 4.69) is 20.9 Å². The Hall–Kier alpha value is -0.730. The van der Waals surface area contributed by atoms with Crippen LogP contribution in [-0.4, -0.2) is 4.98 Å². The molecule has 0 radical (unpaired) electrons. The van der Waals surface area contributed by atoms with Crippen molar-refractivity contribution in [2.45, 2.75) is 12.3 Å². The second-order valence-electron chi connectivity index (χ2n) is 2.41. The van der Waals surface area contributed by atoms with Gasteiger partial charge in [-0.2, -0.15) is 5.26 Å². The summed E-state index contributed by atoms with van der Waals surface area (Å²) in [6.45, 7) is 0. The second-order valence-corrected chi connectivity index (χ2v) is 3.43. The van der Waals surface area contributed by atoms with Crippen LogP contribution >= 0.6 is 27.5 Å². The van der Waals surface area contributed by atoms with E-state index in [1.54, 1.807) is 6.07 Å². The van der Waals surface area contributed by atoms with E-state index in [-0.39, 0.29) is 16.0 Å². The lowest BCUT2D eigenvalue weighted by atomic mass is 10.1. The second kappa shape index (κ2) is 4.67. The van der Waals surface area contributed by atoms with Gasteiger partial charge in [-0.05, 0) is 22.0 Å². The molecule has 0 aromatic carbocycles. The average molecular weight is 281 g/mol. The van der Waals surface area contributed by atoms with Crippen LogP contribution in [0.5, 0.6) is 0 Å². The predicted octanol–water partition coefficient (Wildman–Crippen LogP) is 3.39. The Morgan fingerprint density at radius 2 is 2.29 bits per heavy atom. The Bertz CT molecular complexity index is 390. The molecule has 1 rings (SSSR count). The van der Waals surface area contributed by atoms with E-state index in [1.807, 2.05) is 0 Å². The summed E-state index contributed by atoms with van der Waals surface area (Å²) >= 11 is 8.53. The van der Waals surface area contributed by atoms with Crippen LogP contribution in [0.15, 0.2) is 10.7 Å². The first-order valence-electron chi connectivity index (χ1n) is 3.53. The zero-order chi connectivity index (χ0) is 10.7. The van der Waals surface area contributed by atoms with Crippen LogP contribution in [0.25, 0.3) is 0 Å². The van der Waals surface area contributed by atoms with Gasteiger partial charge < -0.3 is 0 Å². The topological polar surface area (TPSA) is 36.7 Å². The number of alkyl halides is 3. The van der Waals surface area contributed by atoms with E-state index in [1.165, 1.54) is 0 Å². The van der Waals surface area contributed by atoms with Crippen molar-refractivity contribution in [3.05, 3.63) is 27.5 Å². The van der Waals surface area contributed by atoms with Crippen LogP contribution in [0.4, 0.5) is 8.78 Å². The lowest BCUT2D eigenvalue weighted by Gasteiger charge is -2.05. The molecule has 0 spiro atoms. The van der Waals surface area contributed by atoms with E-state index in [0.29, 0.717) is 5.56 Å². The molecular formula is C8H4BrClF2N2. The highest BCUT2D eigenvalue weighted by molar-refractivity contribution is 9.10. The summed E-state index contributed by atoms with van der Waals surface area (Å²) in [7, 11) is 0. The zero-order valence-electron chi connectivity index (χ0n) is 6.77. The average Bonchev–Trinajstić information content (AvgIpc) is 2.16. The van der Waals surface area contributed by atoms with Gasteiger partial charge in [-0.15, -0.1) is 11.6 Å². The number of hydrogen-bond acceptors (Lipinski definition) is 2. The van der Waals surface area contributed by atoms with Crippen LogP contribution in [0.2, 0.25) is 0 Å². The maximum Gasteiger partial charge on any atom is 0.280 e. The molecule has 6 heteroatoms. The number of rotatable bonds is 2. The Morgan fingerprint density at radius 3 is 2.71 bits per heavy atom. The Morgan fingerprint density at radius 1 is 1.64 bits per heavy atom. The van der Waals surface area contributed by atoms with E-state index in [9.17, 15) is 8.78 Å². The molecule has 1 aromatic heterocycles. The molecule has 74 valence electrons. The third-order valence-corrected chi connectivity index (χ3v) is 2.49. The Kier molecular flexibility index (Phi) is 3.78. The predicted molar refractivity (Wildman–Crippen MR) is 51.2 cm³/mol. The normalized spacial score (nSPS) is 10.3. The van der Waals surface area contributed by atoms with Gasteiger partial charge in [-0.3, -0.25) is 0 Å². The van der Waals surface area contributed by atoms with E-state index in [4.69, 9.17) is 16.9 Å². The fourth-order valence-electron chi connectivity index (χ4n) is 0.898. The van der Waals surface area contributed by atoms with Crippen molar-refractivity contribution >= 4 is 27.5 Å². The van der Waals surface area contributed by atoms with E-state index in [0.717, 1.165) is 6.07 Å². The molecule has 14 heavy (non-hydrogen) atoms. The van der Waals surface area contributed by atoms with Crippen molar-refractivity contribution in [2.24, 2.45) is 0 Å². The van der Waals surface area contributed by atoms with Crippen LogP contribution in [0.1, 0.15) is 23.2 Å². The molecule has 0 aliphatic carbocycles. The first-order chi connectivity index (χ1) is 6.60. The van der Waals surface area contributed by atoms with Crippen molar-refractivity contribution in [3.63, 3.8) is 0 Å². The highest BCUT2D eigenvalue weighted by Crippen LogP contribution is 2.25. The number of nitriles is 1. The molecule has 0 atom stereocenters. The molecule has 0 saturated carbocycles. The van der Waals surface area contributed by atoms with Crippen molar-refractivity contribution in [3.8, 4) is 6.07 Å². The largest absolute Gasteiger partial charge is 0.280 e. The van der Waals surface area contributed by atoms with Gasteiger partial charge in [-0.1, -0.05) is 0 Å². The SMILES string of the molecule is N#Cc1cc(C(F)F)nc(Br)c1CCl. The molecule has 0 N–H and O–H groups in total. The third-order valence-electron chi connectivity index (χ3n) is 1.57. The monoisotopic (exact) mass is 280 g/mol. The summed E-state index contributed by atoms with van der Waals surface area (Å²) in [5.41, 5.74) is 0.123. The maximum atomic E-state index is 12.3. The van der Waals surface area contributed by atoms with Crippen molar-refractivity contribution in [2.75, 3.05) is 0 Å². The molecule has 0 aliphatic heterocycles. The molecule has 1 heterocycles. The number of pyridine rings is 1. The Labute approximate surface area is 92.6 Å². The minimum Gasteiger partial charge on any atom is -0.240 e. The first kappa shape index (κ1) is 11.3. The van der Waals surface area contributed by atoms with Gasteiger partial charge >= 0.3 is 0 Å². The number of nitrogens with zero attached hydrogens (tertiary/aromatic N) is 2. The van der Waals surface area contributed by atoms with Crippen molar-refractivity contribution in [1.29, 1.82) is 5.26 Å². The molecule has 0 saturated heterocycles. The van der Waals surface area contributed by atoms with Gasteiger partial charge in [0.25, 0.3) is 6.43 Å². The standard InChI is InChI=1S/C8H4BrClF2N2/c9-7-5(2-10)4(3-13)1-6(14-7)8(11)12/h1,8H,2H2. The number of aromatic nitrogens is 1. The van der Waals surface area contributed by atoms with Crippen LogP contribution < -0.4 is 0 Å². The molecule has 0 bridgehead atoms. The molecule has 0 aliphatic rings. The minimum atomic E-state index is -2.69. The maximum absolute atomic E-state index is 12.3. The summed E-state index contributed by atoms with van der Waals surface area (Å²) in [5, 5.41) is 8.68. The van der Waals surface area contributed by atoms with Crippen molar-refractivity contribution < 1.29 is 8.78 Å².